The van der Waals surface area contributed by atoms with E-state index >= 15 is 0 Å². The summed E-state index contributed by atoms with van der Waals surface area (Å²) in [7, 11) is 0. The summed E-state index contributed by atoms with van der Waals surface area (Å²) in [5, 5.41) is 10.7. The summed E-state index contributed by atoms with van der Waals surface area (Å²) in [4.78, 5) is 4.98. The van der Waals surface area contributed by atoms with Crippen molar-refractivity contribution in [2.24, 2.45) is 11.7 Å². The molecule has 0 radical (unpaired) electrons. The molecule has 1 aromatic rings. The zero-order chi connectivity index (χ0) is 9.14. The fraction of sp³-hybridized carbons (Fsp3) is 0.625. The van der Waals surface area contributed by atoms with Crippen LogP contribution in [0.15, 0.2) is 6.20 Å². The number of aromatic nitrogens is 1. The first kappa shape index (κ1) is 9.64. The van der Waals surface area contributed by atoms with Crippen LogP contribution in [0, 0.1) is 12.8 Å². The molecule has 1 rings (SSSR count). The van der Waals surface area contributed by atoms with Gasteiger partial charge in [0.15, 0.2) is 0 Å². The summed E-state index contributed by atoms with van der Waals surface area (Å²) < 4.78 is 0. The monoisotopic (exact) mass is 186 g/mol. The summed E-state index contributed by atoms with van der Waals surface area (Å²) in [6.07, 6.45) is 1.26. The predicted octanol–water partition coefficient (Wildman–Crippen LogP) is 1.08. The van der Waals surface area contributed by atoms with Crippen molar-refractivity contribution in [3.05, 3.63) is 16.1 Å². The van der Waals surface area contributed by atoms with Crippen molar-refractivity contribution < 1.29 is 5.11 Å². The smallest absolute Gasteiger partial charge is 0.0935 e. The highest BCUT2D eigenvalue weighted by Gasteiger charge is 2.16. The Labute approximate surface area is 76.3 Å². The molecule has 0 saturated heterocycles. The van der Waals surface area contributed by atoms with E-state index in [0.717, 1.165) is 9.88 Å². The van der Waals surface area contributed by atoms with Crippen LogP contribution in [0.25, 0.3) is 0 Å². The summed E-state index contributed by atoms with van der Waals surface area (Å²) in [5.74, 6) is 0.102. The molecule has 1 aromatic heterocycles. The number of aliphatic hydroxyl groups is 1. The third-order valence-corrected chi connectivity index (χ3v) is 2.82. The first-order chi connectivity index (χ1) is 5.65. The van der Waals surface area contributed by atoms with Crippen LogP contribution in [0.3, 0.4) is 0 Å². The molecule has 68 valence electrons. The van der Waals surface area contributed by atoms with Gasteiger partial charge in [-0.3, -0.25) is 0 Å². The number of hydrogen-bond donors (Lipinski definition) is 2. The quantitative estimate of drug-likeness (QED) is 0.742. The van der Waals surface area contributed by atoms with E-state index in [-0.39, 0.29) is 5.92 Å². The van der Waals surface area contributed by atoms with Gasteiger partial charge in [-0.25, -0.2) is 4.98 Å². The van der Waals surface area contributed by atoms with E-state index in [1.807, 2.05) is 13.8 Å². The van der Waals surface area contributed by atoms with E-state index in [2.05, 4.69) is 4.98 Å². The van der Waals surface area contributed by atoms with Crippen molar-refractivity contribution >= 4 is 11.3 Å². The van der Waals surface area contributed by atoms with Gasteiger partial charge < -0.3 is 10.8 Å². The third kappa shape index (κ3) is 2.03. The van der Waals surface area contributed by atoms with E-state index < -0.39 is 6.10 Å². The highest BCUT2D eigenvalue weighted by molar-refractivity contribution is 7.11. The summed E-state index contributed by atoms with van der Waals surface area (Å²) >= 11 is 1.52. The average molecular weight is 186 g/mol. The van der Waals surface area contributed by atoms with Crippen molar-refractivity contribution in [2.45, 2.75) is 20.0 Å². The Kier molecular flexibility index (Phi) is 3.20. The van der Waals surface area contributed by atoms with Crippen LogP contribution < -0.4 is 5.73 Å². The van der Waals surface area contributed by atoms with Gasteiger partial charge in [-0.15, -0.1) is 11.3 Å². The maximum absolute atomic E-state index is 9.69. The van der Waals surface area contributed by atoms with E-state index in [1.165, 1.54) is 11.3 Å². The molecule has 0 aliphatic rings. The van der Waals surface area contributed by atoms with Crippen molar-refractivity contribution in [1.29, 1.82) is 0 Å². The normalized spacial score (nSPS) is 16.0. The number of thiazole rings is 1. The highest BCUT2D eigenvalue weighted by atomic mass is 32.1. The lowest BCUT2D eigenvalue weighted by atomic mass is 10.0. The molecule has 0 bridgehead atoms. The van der Waals surface area contributed by atoms with Crippen LogP contribution in [0.2, 0.25) is 0 Å². The Balaban J connectivity index is 2.70. The van der Waals surface area contributed by atoms with Gasteiger partial charge in [0.2, 0.25) is 0 Å². The number of aryl methyl sites for hydroxylation is 1. The molecule has 2 atom stereocenters. The average Bonchev–Trinajstić information content (AvgIpc) is 2.49. The second kappa shape index (κ2) is 3.98. The summed E-state index contributed by atoms with van der Waals surface area (Å²) in [5.41, 5.74) is 5.44. The van der Waals surface area contributed by atoms with Crippen LogP contribution in [-0.4, -0.2) is 16.6 Å². The molecular weight excluding hydrogens is 172 g/mol. The molecule has 3 nitrogen and oxygen atoms in total. The Morgan fingerprint density at radius 1 is 1.75 bits per heavy atom. The Morgan fingerprint density at radius 3 is 2.83 bits per heavy atom. The largest absolute Gasteiger partial charge is 0.387 e. The zero-order valence-corrected chi connectivity index (χ0v) is 8.14. The van der Waals surface area contributed by atoms with Gasteiger partial charge in [0.1, 0.15) is 0 Å². The minimum atomic E-state index is -0.457. The lowest BCUT2D eigenvalue weighted by Crippen LogP contribution is -2.17. The molecule has 0 spiro atoms. The molecule has 0 fully saturated rings. The number of aliphatic hydroxyl groups excluding tert-OH is 1. The first-order valence-corrected chi connectivity index (χ1v) is 4.77. The molecule has 0 aromatic carbocycles. The number of nitrogens with two attached hydrogens (primary N) is 1. The lowest BCUT2D eigenvalue weighted by molar-refractivity contribution is 0.125. The molecule has 2 unspecified atom stereocenters. The maximum atomic E-state index is 9.69. The molecule has 12 heavy (non-hydrogen) atoms. The van der Waals surface area contributed by atoms with Crippen LogP contribution in [0.1, 0.15) is 22.9 Å². The lowest BCUT2D eigenvalue weighted by Gasteiger charge is -2.14. The van der Waals surface area contributed by atoms with Crippen molar-refractivity contribution in [3.8, 4) is 0 Å². The van der Waals surface area contributed by atoms with E-state index in [0.29, 0.717) is 6.54 Å². The van der Waals surface area contributed by atoms with Gasteiger partial charge in [-0.2, -0.15) is 0 Å². The van der Waals surface area contributed by atoms with Crippen molar-refractivity contribution in [2.75, 3.05) is 6.54 Å². The fourth-order valence-electron chi connectivity index (χ4n) is 0.924. The molecule has 0 aliphatic carbocycles. The second-order valence-electron chi connectivity index (χ2n) is 2.94. The first-order valence-electron chi connectivity index (χ1n) is 3.95. The third-order valence-electron chi connectivity index (χ3n) is 1.84. The Bertz CT molecular complexity index is 249. The van der Waals surface area contributed by atoms with Gasteiger partial charge in [0, 0.05) is 6.20 Å². The number of rotatable bonds is 3. The molecule has 0 saturated carbocycles. The minimum absolute atomic E-state index is 0.102. The molecule has 3 N–H and O–H groups in total. The Morgan fingerprint density at radius 2 is 2.42 bits per heavy atom. The second-order valence-corrected chi connectivity index (χ2v) is 4.21. The fourth-order valence-corrected chi connectivity index (χ4v) is 1.83. The molecule has 0 aliphatic heterocycles. The van der Waals surface area contributed by atoms with Crippen molar-refractivity contribution in [3.63, 3.8) is 0 Å². The van der Waals surface area contributed by atoms with Gasteiger partial charge in [0.25, 0.3) is 0 Å². The van der Waals surface area contributed by atoms with E-state index in [9.17, 15) is 5.11 Å². The van der Waals surface area contributed by atoms with Crippen LogP contribution >= 0.6 is 11.3 Å². The van der Waals surface area contributed by atoms with E-state index in [1.54, 1.807) is 6.20 Å². The van der Waals surface area contributed by atoms with Gasteiger partial charge in [-0.1, -0.05) is 6.92 Å². The van der Waals surface area contributed by atoms with Crippen molar-refractivity contribution in [1.82, 2.24) is 4.98 Å². The van der Waals surface area contributed by atoms with Gasteiger partial charge in [0.05, 0.1) is 16.0 Å². The van der Waals surface area contributed by atoms with Crippen LogP contribution in [-0.2, 0) is 0 Å². The minimum Gasteiger partial charge on any atom is -0.387 e. The highest BCUT2D eigenvalue weighted by Crippen LogP contribution is 2.25. The SMILES string of the molecule is Cc1ncc(C(O)C(C)CN)s1. The summed E-state index contributed by atoms with van der Waals surface area (Å²) in [6.45, 7) is 4.35. The topological polar surface area (TPSA) is 59.1 Å². The Hall–Kier alpha value is -0.450. The number of nitrogens with zero attached hydrogens (tertiary/aromatic N) is 1. The number of hydrogen-bond acceptors (Lipinski definition) is 4. The zero-order valence-electron chi connectivity index (χ0n) is 7.32. The maximum Gasteiger partial charge on any atom is 0.0935 e. The standard InChI is InChI=1S/C8H14N2OS/c1-5(3-9)8(11)7-4-10-6(2)12-7/h4-5,8,11H,3,9H2,1-2H3. The molecule has 4 heteroatoms. The van der Waals surface area contributed by atoms with Crippen LogP contribution in [0.5, 0.6) is 0 Å². The molecular formula is C8H14N2OS. The molecule has 1 heterocycles. The molecule has 0 amide bonds. The van der Waals surface area contributed by atoms with Crippen LogP contribution in [0.4, 0.5) is 0 Å². The summed E-state index contributed by atoms with van der Waals surface area (Å²) in [6, 6.07) is 0. The van der Waals surface area contributed by atoms with Gasteiger partial charge in [-0.05, 0) is 19.4 Å². The predicted molar refractivity (Wildman–Crippen MR) is 50.0 cm³/mol. The van der Waals surface area contributed by atoms with Gasteiger partial charge >= 0.3 is 0 Å². The van der Waals surface area contributed by atoms with E-state index in [4.69, 9.17) is 5.73 Å².